The van der Waals surface area contributed by atoms with Crippen LogP contribution in [0.15, 0.2) is 18.2 Å². The highest BCUT2D eigenvalue weighted by Crippen LogP contribution is 2.35. The molecule has 0 spiro atoms. The molecule has 3 N–H and O–H groups in total. The summed E-state index contributed by atoms with van der Waals surface area (Å²) in [6.45, 7) is 0.692. The number of aromatic hydroxyl groups is 1. The highest BCUT2D eigenvalue weighted by atomic mass is 16.3. The molecule has 1 saturated carbocycles. The normalized spacial score (nSPS) is 25.4. The van der Waals surface area contributed by atoms with Crippen LogP contribution in [0.5, 0.6) is 5.75 Å². The second-order valence-corrected chi connectivity index (χ2v) is 5.43. The Labute approximate surface area is 101 Å². The highest BCUT2D eigenvalue weighted by Gasteiger charge is 2.35. The predicted octanol–water partition coefficient (Wildman–Crippen LogP) is 1.88. The van der Waals surface area contributed by atoms with Gasteiger partial charge in [0.2, 0.25) is 0 Å². The van der Waals surface area contributed by atoms with Crippen LogP contribution < -0.4 is 5.32 Å². The fraction of sp³-hybridized carbons (Fsp3) is 0.571. The number of phenols is 1. The van der Waals surface area contributed by atoms with Crippen molar-refractivity contribution < 1.29 is 10.2 Å². The first-order valence-corrected chi connectivity index (χ1v) is 6.44. The average Bonchev–Trinajstić information content (AvgIpc) is 2.66. The Morgan fingerprint density at radius 3 is 2.88 bits per heavy atom. The van der Waals surface area contributed by atoms with E-state index in [0.717, 1.165) is 32.1 Å². The van der Waals surface area contributed by atoms with E-state index in [1.54, 1.807) is 6.07 Å². The van der Waals surface area contributed by atoms with Gasteiger partial charge in [0, 0.05) is 12.6 Å². The zero-order valence-corrected chi connectivity index (χ0v) is 9.95. The standard InChI is InChI=1S/C14H19NO2/c16-11-3-4-12-10(8-11)2-5-13(12)15-9-14(17)6-1-7-14/h3-4,8,13,15-17H,1-2,5-7,9H2. The van der Waals surface area contributed by atoms with Crippen molar-refractivity contribution in [1.82, 2.24) is 5.32 Å². The van der Waals surface area contributed by atoms with E-state index in [1.165, 1.54) is 11.1 Å². The third kappa shape index (κ3) is 2.05. The topological polar surface area (TPSA) is 52.5 Å². The van der Waals surface area contributed by atoms with E-state index < -0.39 is 5.60 Å². The van der Waals surface area contributed by atoms with Crippen LogP contribution >= 0.6 is 0 Å². The third-order valence-electron chi connectivity index (χ3n) is 4.17. The fourth-order valence-corrected chi connectivity index (χ4v) is 2.89. The number of aliphatic hydroxyl groups is 1. The van der Waals surface area contributed by atoms with E-state index in [2.05, 4.69) is 5.32 Å². The van der Waals surface area contributed by atoms with Gasteiger partial charge in [0.05, 0.1) is 5.60 Å². The minimum Gasteiger partial charge on any atom is -0.508 e. The number of nitrogens with one attached hydrogen (secondary N) is 1. The van der Waals surface area contributed by atoms with Crippen molar-refractivity contribution in [3.8, 4) is 5.75 Å². The van der Waals surface area contributed by atoms with E-state index >= 15 is 0 Å². The van der Waals surface area contributed by atoms with E-state index in [1.807, 2.05) is 12.1 Å². The van der Waals surface area contributed by atoms with Crippen LogP contribution in [0.25, 0.3) is 0 Å². The summed E-state index contributed by atoms with van der Waals surface area (Å²) in [6, 6.07) is 5.95. The minimum absolute atomic E-state index is 0.343. The molecule has 17 heavy (non-hydrogen) atoms. The molecule has 0 saturated heterocycles. The Kier molecular flexibility index (Phi) is 2.60. The Morgan fingerprint density at radius 2 is 2.18 bits per heavy atom. The SMILES string of the molecule is Oc1ccc2c(c1)CCC2NCC1(O)CCC1. The van der Waals surface area contributed by atoms with Gasteiger partial charge in [-0.25, -0.2) is 0 Å². The molecule has 1 atom stereocenters. The van der Waals surface area contributed by atoms with Crippen LogP contribution in [-0.4, -0.2) is 22.4 Å². The Balaban J connectivity index is 1.67. The summed E-state index contributed by atoms with van der Waals surface area (Å²) < 4.78 is 0. The van der Waals surface area contributed by atoms with Crippen LogP contribution in [0.3, 0.4) is 0 Å². The number of hydrogen-bond acceptors (Lipinski definition) is 3. The zero-order chi connectivity index (χ0) is 11.9. The van der Waals surface area contributed by atoms with E-state index in [9.17, 15) is 10.2 Å². The molecule has 3 nitrogen and oxygen atoms in total. The molecule has 0 aliphatic heterocycles. The summed E-state index contributed by atoms with van der Waals surface area (Å²) in [5, 5.41) is 23.0. The monoisotopic (exact) mass is 233 g/mol. The van der Waals surface area contributed by atoms with Crippen molar-refractivity contribution >= 4 is 0 Å². The van der Waals surface area contributed by atoms with Gasteiger partial charge in [-0.3, -0.25) is 0 Å². The van der Waals surface area contributed by atoms with Gasteiger partial charge in [0.25, 0.3) is 0 Å². The maximum absolute atomic E-state index is 10.1. The summed E-state index contributed by atoms with van der Waals surface area (Å²) >= 11 is 0. The van der Waals surface area contributed by atoms with Crippen molar-refractivity contribution in [2.24, 2.45) is 0 Å². The number of hydrogen-bond donors (Lipinski definition) is 3. The number of phenolic OH excluding ortho intramolecular Hbond substituents is 1. The molecule has 1 fully saturated rings. The third-order valence-corrected chi connectivity index (χ3v) is 4.17. The maximum atomic E-state index is 10.1. The first-order valence-electron chi connectivity index (χ1n) is 6.44. The Bertz CT molecular complexity index is 426. The average molecular weight is 233 g/mol. The summed E-state index contributed by atoms with van der Waals surface area (Å²) in [4.78, 5) is 0. The molecule has 1 aromatic rings. The molecular formula is C14H19NO2. The largest absolute Gasteiger partial charge is 0.508 e. The highest BCUT2D eigenvalue weighted by molar-refractivity contribution is 5.40. The van der Waals surface area contributed by atoms with E-state index in [-0.39, 0.29) is 0 Å². The lowest BCUT2D eigenvalue weighted by Gasteiger charge is -2.37. The van der Waals surface area contributed by atoms with Crippen LogP contribution in [0.4, 0.5) is 0 Å². The first-order chi connectivity index (χ1) is 8.16. The van der Waals surface area contributed by atoms with Gasteiger partial charge in [0.15, 0.2) is 0 Å². The van der Waals surface area contributed by atoms with Crippen LogP contribution in [-0.2, 0) is 6.42 Å². The maximum Gasteiger partial charge on any atom is 0.115 e. The van der Waals surface area contributed by atoms with Crippen LogP contribution in [0.1, 0.15) is 42.9 Å². The van der Waals surface area contributed by atoms with Crippen molar-refractivity contribution in [1.29, 1.82) is 0 Å². The summed E-state index contributed by atoms with van der Waals surface area (Å²) in [5.74, 6) is 0.349. The number of aryl methyl sites for hydroxylation is 1. The molecule has 92 valence electrons. The van der Waals surface area contributed by atoms with Gasteiger partial charge in [-0.1, -0.05) is 6.07 Å². The Hall–Kier alpha value is -1.06. The van der Waals surface area contributed by atoms with Gasteiger partial charge < -0.3 is 15.5 Å². The molecule has 0 radical (unpaired) electrons. The summed E-state index contributed by atoms with van der Waals surface area (Å²) in [6.07, 6.45) is 5.08. The second kappa shape index (κ2) is 4.00. The summed E-state index contributed by atoms with van der Waals surface area (Å²) in [7, 11) is 0. The van der Waals surface area contributed by atoms with Crippen molar-refractivity contribution in [2.45, 2.75) is 43.7 Å². The fourth-order valence-electron chi connectivity index (χ4n) is 2.89. The zero-order valence-electron chi connectivity index (χ0n) is 9.95. The quantitative estimate of drug-likeness (QED) is 0.747. The number of rotatable bonds is 3. The van der Waals surface area contributed by atoms with E-state index in [0.29, 0.717) is 18.3 Å². The predicted molar refractivity (Wildman–Crippen MR) is 66.0 cm³/mol. The van der Waals surface area contributed by atoms with Gasteiger partial charge in [-0.2, -0.15) is 0 Å². The van der Waals surface area contributed by atoms with Crippen molar-refractivity contribution in [2.75, 3.05) is 6.54 Å². The van der Waals surface area contributed by atoms with Crippen molar-refractivity contribution in [3.05, 3.63) is 29.3 Å². The van der Waals surface area contributed by atoms with Gasteiger partial charge in [0.1, 0.15) is 5.75 Å². The molecule has 0 aromatic heterocycles. The molecule has 3 rings (SSSR count). The van der Waals surface area contributed by atoms with Gasteiger partial charge >= 0.3 is 0 Å². The van der Waals surface area contributed by atoms with Crippen LogP contribution in [0, 0.1) is 0 Å². The molecule has 0 amide bonds. The molecule has 2 aliphatic carbocycles. The minimum atomic E-state index is -0.459. The van der Waals surface area contributed by atoms with Crippen molar-refractivity contribution in [3.63, 3.8) is 0 Å². The molecule has 0 heterocycles. The van der Waals surface area contributed by atoms with E-state index in [4.69, 9.17) is 0 Å². The van der Waals surface area contributed by atoms with Crippen LogP contribution in [0.2, 0.25) is 0 Å². The first kappa shape index (κ1) is 11.1. The summed E-state index contributed by atoms with van der Waals surface area (Å²) in [5.41, 5.74) is 2.06. The molecule has 0 bridgehead atoms. The lowest BCUT2D eigenvalue weighted by atomic mass is 9.80. The molecular weight excluding hydrogens is 214 g/mol. The molecule has 1 unspecified atom stereocenters. The number of fused-ring (bicyclic) bond motifs is 1. The molecule has 1 aromatic carbocycles. The van der Waals surface area contributed by atoms with Gasteiger partial charge in [-0.15, -0.1) is 0 Å². The Morgan fingerprint density at radius 1 is 1.35 bits per heavy atom. The number of benzene rings is 1. The smallest absolute Gasteiger partial charge is 0.115 e. The molecule has 2 aliphatic rings. The van der Waals surface area contributed by atoms with Gasteiger partial charge in [-0.05, 0) is 55.4 Å². The molecule has 3 heteroatoms. The lowest BCUT2D eigenvalue weighted by Crippen LogP contribution is -2.46. The second-order valence-electron chi connectivity index (χ2n) is 5.43. The lowest BCUT2D eigenvalue weighted by molar-refractivity contribution is -0.0332.